The lowest BCUT2D eigenvalue weighted by Crippen LogP contribution is -2.15. The zero-order valence-electron chi connectivity index (χ0n) is 15.8. The second-order valence-corrected chi connectivity index (χ2v) is 7.97. The molecule has 27 heavy (non-hydrogen) atoms. The van der Waals surface area contributed by atoms with Crippen molar-refractivity contribution in [3.05, 3.63) is 34.1 Å². The number of rotatable bonds is 11. The Morgan fingerprint density at radius 2 is 1.93 bits per heavy atom. The summed E-state index contributed by atoms with van der Waals surface area (Å²) in [6.45, 7) is 5.08. The average Bonchev–Trinajstić information content (AvgIpc) is 3.05. The molecule has 0 aliphatic carbocycles. The number of hydrogen-bond donors (Lipinski definition) is 1. The summed E-state index contributed by atoms with van der Waals surface area (Å²) in [5.41, 5.74) is 0.513. The van der Waals surface area contributed by atoms with E-state index >= 15 is 0 Å². The van der Waals surface area contributed by atoms with E-state index in [1.807, 2.05) is 0 Å². The van der Waals surface area contributed by atoms with Crippen molar-refractivity contribution in [1.82, 2.24) is 14.8 Å². The Morgan fingerprint density at radius 1 is 1.15 bits per heavy atom. The predicted octanol–water partition coefficient (Wildman–Crippen LogP) is 5.85. The molecule has 1 heterocycles. The third kappa shape index (κ3) is 6.70. The van der Waals surface area contributed by atoms with Gasteiger partial charge < -0.3 is 9.88 Å². The second kappa shape index (κ2) is 11.6. The van der Waals surface area contributed by atoms with E-state index < -0.39 is 0 Å². The lowest BCUT2D eigenvalue weighted by molar-refractivity contribution is -0.113. The summed E-state index contributed by atoms with van der Waals surface area (Å²) >= 11 is 13.5. The minimum atomic E-state index is -0.157. The summed E-state index contributed by atoms with van der Waals surface area (Å²) in [4.78, 5) is 12.2. The molecule has 1 N–H and O–H groups in total. The Morgan fingerprint density at radius 3 is 2.67 bits per heavy atom. The molecule has 2 aromatic rings. The molecule has 0 unspecified atom stereocenters. The fraction of sp³-hybridized carbons (Fsp3) is 0.526. The standard InChI is InChI=1S/C19H26Cl2N4OS/c1-3-5-6-7-8-12-16-23-24-19(25(16)4-2)27-13-17(26)22-15-11-9-10-14(20)18(15)21/h9-11H,3-8,12-13H2,1-2H3,(H,22,26). The maximum Gasteiger partial charge on any atom is 0.234 e. The van der Waals surface area contributed by atoms with Gasteiger partial charge in [-0.25, -0.2) is 0 Å². The SMILES string of the molecule is CCCCCCCc1nnc(SCC(=O)Nc2cccc(Cl)c2Cl)n1CC. The second-order valence-electron chi connectivity index (χ2n) is 6.25. The zero-order valence-corrected chi connectivity index (χ0v) is 18.1. The minimum Gasteiger partial charge on any atom is -0.324 e. The summed E-state index contributed by atoms with van der Waals surface area (Å²) in [6.07, 6.45) is 7.06. The summed E-state index contributed by atoms with van der Waals surface area (Å²) in [5.74, 6) is 1.07. The Balaban J connectivity index is 1.87. The minimum absolute atomic E-state index is 0.157. The number of amides is 1. The summed E-state index contributed by atoms with van der Waals surface area (Å²) < 4.78 is 2.09. The van der Waals surface area contributed by atoms with Crippen molar-refractivity contribution in [3.63, 3.8) is 0 Å². The van der Waals surface area contributed by atoms with Crippen molar-refractivity contribution in [2.75, 3.05) is 11.1 Å². The quantitative estimate of drug-likeness (QED) is 0.360. The molecule has 0 bridgehead atoms. The van der Waals surface area contributed by atoms with Crippen molar-refractivity contribution < 1.29 is 4.79 Å². The number of halogens is 2. The number of hydrogen-bond acceptors (Lipinski definition) is 4. The van der Waals surface area contributed by atoms with Crippen LogP contribution in [0.2, 0.25) is 10.0 Å². The highest BCUT2D eigenvalue weighted by molar-refractivity contribution is 7.99. The third-order valence-electron chi connectivity index (χ3n) is 4.17. The van der Waals surface area contributed by atoms with Gasteiger partial charge in [-0.05, 0) is 25.5 Å². The molecule has 8 heteroatoms. The number of aryl methyl sites for hydroxylation is 1. The smallest absolute Gasteiger partial charge is 0.234 e. The van der Waals surface area contributed by atoms with Gasteiger partial charge in [-0.15, -0.1) is 10.2 Å². The number of nitrogens with zero attached hydrogens (tertiary/aromatic N) is 3. The van der Waals surface area contributed by atoms with Crippen LogP contribution in [0.1, 0.15) is 51.8 Å². The predicted molar refractivity (Wildman–Crippen MR) is 114 cm³/mol. The van der Waals surface area contributed by atoms with Crippen LogP contribution in [0.25, 0.3) is 0 Å². The molecule has 0 aliphatic rings. The van der Waals surface area contributed by atoms with Gasteiger partial charge in [0, 0.05) is 13.0 Å². The molecule has 0 fully saturated rings. The molecular weight excluding hydrogens is 403 g/mol. The molecule has 0 radical (unpaired) electrons. The highest BCUT2D eigenvalue weighted by Gasteiger charge is 2.14. The molecule has 0 aliphatic heterocycles. The number of nitrogens with one attached hydrogen (secondary N) is 1. The van der Waals surface area contributed by atoms with Crippen LogP contribution >= 0.6 is 35.0 Å². The number of thioether (sulfide) groups is 1. The molecule has 1 aromatic carbocycles. The van der Waals surface area contributed by atoms with Crippen LogP contribution < -0.4 is 5.32 Å². The van der Waals surface area contributed by atoms with Gasteiger partial charge in [-0.1, -0.05) is 73.6 Å². The molecule has 0 saturated heterocycles. The lowest BCUT2D eigenvalue weighted by atomic mass is 10.1. The van der Waals surface area contributed by atoms with Crippen molar-refractivity contribution in [3.8, 4) is 0 Å². The van der Waals surface area contributed by atoms with Gasteiger partial charge in [-0.3, -0.25) is 4.79 Å². The van der Waals surface area contributed by atoms with Crippen molar-refractivity contribution >= 4 is 46.6 Å². The molecule has 0 saturated carbocycles. The Bertz CT molecular complexity index is 751. The van der Waals surface area contributed by atoms with E-state index in [1.165, 1.54) is 37.4 Å². The normalized spacial score (nSPS) is 11.0. The van der Waals surface area contributed by atoms with Crippen LogP contribution in [0, 0.1) is 0 Å². The van der Waals surface area contributed by atoms with Gasteiger partial charge >= 0.3 is 0 Å². The highest BCUT2D eigenvalue weighted by Crippen LogP contribution is 2.29. The van der Waals surface area contributed by atoms with Gasteiger partial charge in [0.05, 0.1) is 21.5 Å². The molecule has 148 valence electrons. The topological polar surface area (TPSA) is 59.8 Å². The lowest BCUT2D eigenvalue weighted by Gasteiger charge is -2.09. The maximum absolute atomic E-state index is 12.2. The van der Waals surface area contributed by atoms with E-state index in [0.717, 1.165) is 30.4 Å². The van der Waals surface area contributed by atoms with Gasteiger partial charge in [0.25, 0.3) is 0 Å². The van der Waals surface area contributed by atoms with Gasteiger partial charge in [0.15, 0.2) is 5.16 Å². The molecule has 2 rings (SSSR count). The van der Waals surface area contributed by atoms with Crippen molar-refractivity contribution in [2.24, 2.45) is 0 Å². The van der Waals surface area contributed by atoms with Crippen LogP contribution in [-0.2, 0) is 17.8 Å². The summed E-state index contributed by atoms with van der Waals surface area (Å²) in [6, 6.07) is 5.15. The van der Waals surface area contributed by atoms with Crippen LogP contribution in [0.5, 0.6) is 0 Å². The number of carbonyl (C=O) groups excluding carboxylic acids is 1. The number of anilines is 1. The molecule has 5 nitrogen and oxygen atoms in total. The van der Waals surface area contributed by atoms with Crippen LogP contribution in [0.15, 0.2) is 23.4 Å². The molecule has 1 aromatic heterocycles. The fourth-order valence-corrected chi connectivity index (χ4v) is 3.90. The summed E-state index contributed by atoms with van der Waals surface area (Å²) in [7, 11) is 0. The Hall–Kier alpha value is -1.24. The number of unbranched alkanes of at least 4 members (excludes halogenated alkanes) is 4. The van der Waals surface area contributed by atoms with Gasteiger partial charge in [-0.2, -0.15) is 0 Å². The third-order valence-corrected chi connectivity index (χ3v) is 5.96. The molecule has 0 atom stereocenters. The van der Waals surface area contributed by atoms with E-state index in [-0.39, 0.29) is 11.7 Å². The monoisotopic (exact) mass is 428 g/mol. The Kier molecular flexibility index (Phi) is 9.45. The summed E-state index contributed by atoms with van der Waals surface area (Å²) in [5, 5.41) is 12.9. The molecule has 1 amide bonds. The zero-order chi connectivity index (χ0) is 19.6. The Labute approximate surface area is 175 Å². The van der Waals surface area contributed by atoms with Crippen molar-refractivity contribution in [2.45, 2.75) is 64.1 Å². The first-order valence-corrected chi connectivity index (χ1v) is 11.1. The number of carbonyl (C=O) groups is 1. The average molecular weight is 429 g/mol. The van der Waals surface area contributed by atoms with E-state index in [1.54, 1.807) is 18.2 Å². The fourth-order valence-electron chi connectivity index (χ4n) is 2.73. The first-order chi connectivity index (χ1) is 13.1. The van der Waals surface area contributed by atoms with Gasteiger partial charge in [0.1, 0.15) is 5.82 Å². The van der Waals surface area contributed by atoms with E-state index in [0.29, 0.717) is 15.7 Å². The van der Waals surface area contributed by atoms with E-state index in [4.69, 9.17) is 23.2 Å². The number of benzene rings is 1. The van der Waals surface area contributed by atoms with Crippen LogP contribution in [0.3, 0.4) is 0 Å². The largest absolute Gasteiger partial charge is 0.324 e. The number of aromatic nitrogens is 3. The van der Waals surface area contributed by atoms with E-state index in [2.05, 4.69) is 33.9 Å². The van der Waals surface area contributed by atoms with Gasteiger partial charge in [0.2, 0.25) is 5.91 Å². The van der Waals surface area contributed by atoms with E-state index in [9.17, 15) is 4.79 Å². The van der Waals surface area contributed by atoms with Crippen LogP contribution in [0.4, 0.5) is 5.69 Å². The van der Waals surface area contributed by atoms with Crippen molar-refractivity contribution in [1.29, 1.82) is 0 Å². The molecular formula is C19H26Cl2N4OS. The van der Waals surface area contributed by atoms with Crippen LogP contribution in [-0.4, -0.2) is 26.4 Å². The first-order valence-electron chi connectivity index (χ1n) is 9.35. The maximum atomic E-state index is 12.2. The first kappa shape index (κ1) is 22.1. The molecule has 0 spiro atoms. The highest BCUT2D eigenvalue weighted by atomic mass is 35.5.